The highest BCUT2D eigenvalue weighted by Crippen LogP contribution is 2.34. The molecule has 0 aliphatic carbocycles. The van der Waals surface area contributed by atoms with E-state index in [1.807, 2.05) is 67.3 Å². The Morgan fingerprint density at radius 2 is 1.67 bits per heavy atom. The zero-order valence-electron chi connectivity index (χ0n) is 12.2. The van der Waals surface area contributed by atoms with E-state index in [-0.39, 0.29) is 0 Å². The summed E-state index contributed by atoms with van der Waals surface area (Å²) in [6.07, 6.45) is 0. The molecule has 0 atom stereocenters. The second-order valence-electron chi connectivity index (χ2n) is 5.58. The van der Waals surface area contributed by atoms with Crippen molar-refractivity contribution in [3.63, 3.8) is 0 Å². The molecule has 3 aromatic rings. The fourth-order valence-corrected chi connectivity index (χ4v) is 2.57. The first-order valence-corrected chi connectivity index (χ1v) is 6.96. The number of anilines is 2. The monoisotopic (exact) mass is 275 g/mol. The topological polar surface area (TPSA) is 42.8 Å². The van der Waals surface area contributed by atoms with Gasteiger partial charge in [-0.1, -0.05) is 36.4 Å². The maximum Gasteiger partial charge on any atom is 0.128 e. The molecule has 0 radical (unpaired) electrons. The molecule has 1 heterocycles. The van der Waals surface area contributed by atoms with Crippen LogP contribution in [0.1, 0.15) is 13.8 Å². The van der Waals surface area contributed by atoms with Crippen molar-refractivity contribution in [2.24, 2.45) is 0 Å². The van der Waals surface area contributed by atoms with Gasteiger partial charge in [0.15, 0.2) is 0 Å². The summed E-state index contributed by atoms with van der Waals surface area (Å²) < 4.78 is 0. The van der Waals surface area contributed by atoms with Crippen molar-refractivity contribution in [2.75, 3.05) is 4.90 Å². The summed E-state index contributed by atoms with van der Waals surface area (Å²) in [5, 5.41) is 10.7. The van der Waals surface area contributed by atoms with Crippen LogP contribution in [-0.4, -0.2) is 10.5 Å². The van der Waals surface area contributed by atoms with E-state index in [4.69, 9.17) is 0 Å². The van der Waals surface area contributed by atoms with Gasteiger partial charge in [0.1, 0.15) is 11.4 Å². The van der Waals surface area contributed by atoms with E-state index in [1.54, 1.807) is 0 Å². The minimum Gasteiger partial charge on any atom is -0.341 e. The molecule has 0 aliphatic heterocycles. The average Bonchev–Trinajstić information content (AvgIpc) is 2.91. The van der Waals surface area contributed by atoms with Crippen molar-refractivity contribution in [1.29, 1.82) is 5.26 Å². The fraction of sp³-hybridized carbons (Fsp3) is 0.167. The Morgan fingerprint density at radius 3 is 2.33 bits per heavy atom. The lowest BCUT2D eigenvalue weighted by atomic mass is 10.0. The molecule has 0 amide bonds. The largest absolute Gasteiger partial charge is 0.341 e. The molecule has 0 spiro atoms. The van der Waals surface area contributed by atoms with Gasteiger partial charge in [0, 0.05) is 16.6 Å². The highest BCUT2D eigenvalue weighted by Gasteiger charge is 2.29. The van der Waals surface area contributed by atoms with Gasteiger partial charge in [0.2, 0.25) is 0 Å². The van der Waals surface area contributed by atoms with Crippen molar-refractivity contribution in [3.8, 4) is 6.07 Å². The molecule has 0 aliphatic rings. The van der Waals surface area contributed by atoms with Gasteiger partial charge in [-0.3, -0.25) is 0 Å². The molecule has 0 saturated heterocycles. The average molecular weight is 275 g/mol. The summed E-state index contributed by atoms with van der Waals surface area (Å²) in [7, 11) is 0. The number of aromatic nitrogens is 1. The second-order valence-corrected chi connectivity index (χ2v) is 5.58. The molecule has 104 valence electrons. The lowest BCUT2D eigenvalue weighted by Gasteiger charge is -2.34. The van der Waals surface area contributed by atoms with E-state index in [1.165, 1.54) is 0 Å². The first kappa shape index (κ1) is 13.3. The predicted octanol–water partition coefficient (Wildman–Crippen LogP) is 4.61. The van der Waals surface area contributed by atoms with Crippen LogP contribution in [0.25, 0.3) is 10.9 Å². The van der Waals surface area contributed by atoms with Crippen LogP contribution in [-0.2, 0) is 0 Å². The number of hydrogen-bond acceptors (Lipinski definition) is 2. The number of nitrogens with one attached hydrogen (secondary N) is 1. The van der Waals surface area contributed by atoms with Gasteiger partial charge >= 0.3 is 0 Å². The van der Waals surface area contributed by atoms with Crippen molar-refractivity contribution >= 4 is 22.4 Å². The number of aromatic amines is 1. The Balaban J connectivity index is 2.18. The molecule has 1 aromatic heterocycles. The van der Waals surface area contributed by atoms with Gasteiger partial charge in [0.05, 0.1) is 6.07 Å². The van der Waals surface area contributed by atoms with Crippen LogP contribution in [0.4, 0.5) is 11.5 Å². The van der Waals surface area contributed by atoms with E-state index in [0.29, 0.717) is 0 Å². The van der Waals surface area contributed by atoms with E-state index in [0.717, 1.165) is 22.4 Å². The first-order chi connectivity index (χ1) is 10.1. The highest BCUT2D eigenvalue weighted by atomic mass is 15.2. The van der Waals surface area contributed by atoms with E-state index in [9.17, 15) is 5.26 Å². The summed E-state index contributed by atoms with van der Waals surface area (Å²) in [4.78, 5) is 5.44. The minimum absolute atomic E-state index is 0.651. The van der Waals surface area contributed by atoms with Gasteiger partial charge in [0.25, 0.3) is 0 Å². The van der Waals surface area contributed by atoms with Gasteiger partial charge in [-0.2, -0.15) is 5.26 Å². The number of fused-ring (bicyclic) bond motifs is 1. The van der Waals surface area contributed by atoms with Crippen LogP contribution in [0.5, 0.6) is 0 Å². The number of nitriles is 1. The van der Waals surface area contributed by atoms with Crippen LogP contribution >= 0.6 is 0 Å². The zero-order chi connectivity index (χ0) is 14.9. The molecule has 0 unspecified atom stereocenters. The standard InChI is InChI=1S/C18H17N3/c1-18(2,13-19)21(15-9-4-3-5-10-15)17-12-14-8-6-7-11-16(14)20-17/h3-12,20H,1-2H3. The Labute approximate surface area is 124 Å². The van der Waals surface area contributed by atoms with E-state index < -0.39 is 5.54 Å². The summed E-state index contributed by atoms with van der Waals surface area (Å²) in [6, 6.07) is 22.6. The third-order valence-electron chi connectivity index (χ3n) is 3.60. The summed E-state index contributed by atoms with van der Waals surface area (Å²) in [5.74, 6) is 0.925. The van der Waals surface area contributed by atoms with Crippen molar-refractivity contribution in [2.45, 2.75) is 19.4 Å². The third-order valence-corrected chi connectivity index (χ3v) is 3.60. The van der Waals surface area contributed by atoms with Crippen LogP contribution in [0.2, 0.25) is 0 Å². The van der Waals surface area contributed by atoms with Crippen LogP contribution in [0.3, 0.4) is 0 Å². The molecule has 3 nitrogen and oxygen atoms in total. The second kappa shape index (κ2) is 4.99. The number of para-hydroxylation sites is 2. The van der Waals surface area contributed by atoms with Crippen LogP contribution in [0, 0.1) is 11.3 Å². The SMILES string of the molecule is CC(C)(C#N)N(c1ccccc1)c1cc2ccccc2[nH]1. The zero-order valence-corrected chi connectivity index (χ0v) is 12.2. The molecule has 1 N–H and O–H groups in total. The molecular formula is C18H17N3. The van der Waals surface area contributed by atoms with E-state index >= 15 is 0 Å². The highest BCUT2D eigenvalue weighted by molar-refractivity contribution is 5.85. The smallest absolute Gasteiger partial charge is 0.128 e. The van der Waals surface area contributed by atoms with Gasteiger partial charge in [-0.05, 0) is 38.1 Å². The van der Waals surface area contributed by atoms with Crippen molar-refractivity contribution in [1.82, 2.24) is 4.98 Å². The quantitative estimate of drug-likeness (QED) is 0.758. The van der Waals surface area contributed by atoms with Gasteiger partial charge in [-0.15, -0.1) is 0 Å². The Bertz CT molecular complexity index is 761. The van der Waals surface area contributed by atoms with E-state index in [2.05, 4.69) is 23.2 Å². The summed E-state index contributed by atoms with van der Waals surface area (Å²) in [6.45, 7) is 3.84. The third kappa shape index (κ3) is 2.36. The maximum absolute atomic E-state index is 9.56. The van der Waals surface area contributed by atoms with Crippen molar-refractivity contribution < 1.29 is 0 Å². The molecule has 0 saturated carbocycles. The number of H-pyrrole nitrogens is 1. The van der Waals surface area contributed by atoms with Gasteiger partial charge < -0.3 is 9.88 Å². The summed E-state index contributed by atoms with van der Waals surface area (Å²) >= 11 is 0. The normalized spacial score (nSPS) is 11.3. The summed E-state index contributed by atoms with van der Waals surface area (Å²) in [5.41, 5.74) is 1.42. The number of hydrogen-bond donors (Lipinski definition) is 1. The molecule has 3 rings (SSSR count). The Morgan fingerprint density at radius 1 is 1.00 bits per heavy atom. The number of nitrogens with zero attached hydrogens (tertiary/aromatic N) is 2. The van der Waals surface area contributed by atoms with Gasteiger partial charge in [-0.25, -0.2) is 0 Å². The maximum atomic E-state index is 9.56. The van der Waals surface area contributed by atoms with Crippen LogP contribution in [0.15, 0.2) is 60.7 Å². The first-order valence-electron chi connectivity index (χ1n) is 6.96. The molecule has 3 heteroatoms. The molecule has 21 heavy (non-hydrogen) atoms. The molecule has 0 fully saturated rings. The Kier molecular flexibility index (Phi) is 3.15. The number of rotatable bonds is 3. The minimum atomic E-state index is -0.651. The molecule has 0 bridgehead atoms. The molecule has 2 aromatic carbocycles. The van der Waals surface area contributed by atoms with Crippen molar-refractivity contribution in [3.05, 3.63) is 60.7 Å². The lowest BCUT2D eigenvalue weighted by Crippen LogP contribution is -2.39. The Hall–Kier alpha value is -2.73. The molecular weight excluding hydrogens is 258 g/mol. The lowest BCUT2D eigenvalue weighted by molar-refractivity contribution is 0.638. The predicted molar refractivity (Wildman–Crippen MR) is 86.6 cm³/mol. The van der Waals surface area contributed by atoms with Crippen LogP contribution < -0.4 is 4.90 Å². The fourth-order valence-electron chi connectivity index (χ4n) is 2.57. The number of benzene rings is 2.